The van der Waals surface area contributed by atoms with Crippen LogP contribution in [0.5, 0.6) is 0 Å². The molecule has 0 amide bonds. The van der Waals surface area contributed by atoms with Crippen molar-refractivity contribution in [3.8, 4) is 0 Å². The first kappa shape index (κ1) is 12.4. The van der Waals surface area contributed by atoms with E-state index in [2.05, 4.69) is 18.4 Å². The van der Waals surface area contributed by atoms with Crippen molar-refractivity contribution in [1.29, 1.82) is 0 Å². The van der Waals surface area contributed by atoms with Crippen molar-refractivity contribution in [1.82, 2.24) is 4.90 Å². The summed E-state index contributed by atoms with van der Waals surface area (Å²) in [6.07, 6.45) is 1.14. The topological polar surface area (TPSA) is 29.5 Å². The third kappa shape index (κ3) is 4.14. The van der Waals surface area contributed by atoms with E-state index < -0.39 is 0 Å². The first-order chi connectivity index (χ1) is 7.13. The highest BCUT2D eigenvalue weighted by Crippen LogP contribution is 2.10. The molecule has 0 aromatic heterocycles. The molecule has 0 aromatic rings. The number of carbonyl (C=O) groups is 1. The van der Waals surface area contributed by atoms with Crippen LogP contribution in [0.3, 0.4) is 0 Å². The van der Waals surface area contributed by atoms with E-state index in [0.717, 1.165) is 31.6 Å². The van der Waals surface area contributed by atoms with E-state index in [1.165, 1.54) is 0 Å². The van der Waals surface area contributed by atoms with Gasteiger partial charge in [0.25, 0.3) is 0 Å². The summed E-state index contributed by atoms with van der Waals surface area (Å²) >= 11 is 0. The molecule has 1 aliphatic rings. The highest BCUT2D eigenvalue weighted by molar-refractivity contribution is 5.83. The van der Waals surface area contributed by atoms with Gasteiger partial charge in [-0.1, -0.05) is 12.5 Å². The standard InChI is InChI=1S/C12H21NO2/c1-4-13-7-8-15-12(9-13)11(14)6-5-10(2)3/h12H,2,4-9H2,1,3H3. The summed E-state index contributed by atoms with van der Waals surface area (Å²) in [6, 6.07) is 0. The van der Waals surface area contributed by atoms with Crippen LogP contribution >= 0.6 is 0 Å². The van der Waals surface area contributed by atoms with E-state index in [1.54, 1.807) is 0 Å². The highest BCUT2D eigenvalue weighted by atomic mass is 16.5. The Hall–Kier alpha value is -0.670. The molecule has 0 radical (unpaired) electrons. The number of ketones is 1. The minimum Gasteiger partial charge on any atom is -0.368 e. The van der Waals surface area contributed by atoms with Gasteiger partial charge in [0.15, 0.2) is 5.78 Å². The van der Waals surface area contributed by atoms with E-state index in [9.17, 15) is 4.79 Å². The number of morpholine rings is 1. The Morgan fingerprint density at radius 2 is 2.27 bits per heavy atom. The summed E-state index contributed by atoms with van der Waals surface area (Å²) in [6.45, 7) is 11.2. The Bertz CT molecular complexity index is 238. The Kier molecular flexibility index (Phi) is 4.99. The minimum absolute atomic E-state index is 0.210. The smallest absolute Gasteiger partial charge is 0.163 e. The maximum Gasteiger partial charge on any atom is 0.163 e. The van der Waals surface area contributed by atoms with Crippen LogP contribution in [0.15, 0.2) is 12.2 Å². The van der Waals surface area contributed by atoms with Gasteiger partial charge in [-0.15, -0.1) is 6.58 Å². The van der Waals surface area contributed by atoms with Crippen molar-refractivity contribution in [2.24, 2.45) is 0 Å². The second kappa shape index (κ2) is 6.03. The molecular weight excluding hydrogens is 190 g/mol. The van der Waals surface area contributed by atoms with E-state index >= 15 is 0 Å². The van der Waals surface area contributed by atoms with Gasteiger partial charge >= 0.3 is 0 Å². The van der Waals surface area contributed by atoms with Gasteiger partial charge in [-0.2, -0.15) is 0 Å². The first-order valence-corrected chi connectivity index (χ1v) is 5.64. The summed E-state index contributed by atoms with van der Waals surface area (Å²) in [4.78, 5) is 14.0. The molecular formula is C12H21NO2. The molecule has 3 heteroatoms. The van der Waals surface area contributed by atoms with Crippen LogP contribution in [0.2, 0.25) is 0 Å². The fourth-order valence-electron chi connectivity index (χ4n) is 1.68. The summed E-state index contributed by atoms with van der Waals surface area (Å²) in [5, 5.41) is 0. The predicted octanol–water partition coefficient (Wildman–Crippen LogP) is 1.63. The van der Waals surface area contributed by atoms with Crippen molar-refractivity contribution in [2.45, 2.75) is 32.8 Å². The molecule has 0 bridgehead atoms. The molecule has 1 rings (SSSR count). The van der Waals surface area contributed by atoms with Crippen LogP contribution in [-0.2, 0) is 9.53 Å². The van der Waals surface area contributed by atoms with Crippen LogP contribution in [-0.4, -0.2) is 43.0 Å². The minimum atomic E-state index is -0.210. The van der Waals surface area contributed by atoms with Crippen LogP contribution in [0, 0.1) is 0 Å². The molecule has 3 nitrogen and oxygen atoms in total. The monoisotopic (exact) mass is 211 g/mol. The van der Waals surface area contributed by atoms with Gasteiger partial charge in [0.05, 0.1) is 6.61 Å². The Morgan fingerprint density at radius 3 is 2.87 bits per heavy atom. The van der Waals surface area contributed by atoms with E-state index in [4.69, 9.17) is 4.74 Å². The third-order valence-electron chi connectivity index (χ3n) is 2.76. The molecule has 1 aliphatic heterocycles. The molecule has 15 heavy (non-hydrogen) atoms. The van der Waals surface area contributed by atoms with Gasteiger partial charge in [0.1, 0.15) is 6.10 Å². The van der Waals surface area contributed by atoms with Gasteiger partial charge in [0.2, 0.25) is 0 Å². The molecule has 0 N–H and O–H groups in total. The van der Waals surface area contributed by atoms with Crippen molar-refractivity contribution >= 4 is 5.78 Å². The number of carbonyl (C=O) groups excluding carboxylic acids is 1. The van der Waals surface area contributed by atoms with Gasteiger partial charge in [-0.05, 0) is 19.9 Å². The lowest BCUT2D eigenvalue weighted by Gasteiger charge is -2.31. The lowest BCUT2D eigenvalue weighted by atomic mass is 10.1. The van der Waals surface area contributed by atoms with Gasteiger partial charge < -0.3 is 4.74 Å². The van der Waals surface area contributed by atoms with Crippen LogP contribution in [0.25, 0.3) is 0 Å². The number of rotatable bonds is 5. The zero-order chi connectivity index (χ0) is 11.3. The molecule has 0 aliphatic carbocycles. The molecule has 1 saturated heterocycles. The molecule has 1 fully saturated rings. The fraction of sp³-hybridized carbons (Fsp3) is 0.750. The number of Topliss-reactive ketones (excluding diaryl/α,β-unsaturated/α-hetero) is 1. The summed E-state index contributed by atoms with van der Waals surface area (Å²) < 4.78 is 5.48. The molecule has 0 aromatic carbocycles. The maximum absolute atomic E-state index is 11.8. The number of ether oxygens (including phenoxy) is 1. The second-order valence-corrected chi connectivity index (χ2v) is 4.18. The van der Waals surface area contributed by atoms with Gasteiger partial charge in [-0.3, -0.25) is 9.69 Å². The largest absolute Gasteiger partial charge is 0.368 e. The number of nitrogens with zero attached hydrogens (tertiary/aromatic N) is 1. The average molecular weight is 211 g/mol. The fourth-order valence-corrected chi connectivity index (χ4v) is 1.68. The number of allylic oxidation sites excluding steroid dienone is 1. The Morgan fingerprint density at radius 1 is 1.53 bits per heavy atom. The van der Waals surface area contributed by atoms with E-state index in [0.29, 0.717) is 13.0 Å². The lowest BCUT2D eigenvalue weighted by Crippen LogP contribution is -2.45. The molecule has 1 heterocycles. The summed E-state index contributed by atoms with van der Waals surface area (Å²) in [7, 11) is 0. The molecule has 86 valence electrons. The van der Waals surface area contributed by atoms with Gasteiger partial charge in [0, 0.05) is 19.5 Å². The Balaban J connectivity index is 2.35. The Labute approximate surface area is 92.1 Å². The molecule has 0 spiro atoms. The van der Waals surface area contributed by atoms with E-state index in [1.807, 2.05) is 6.92 Å². The zero-order valence-electron chi connectivity index (χ0n) is 9.79. The SMILES string of the molecule is C=C(C)CCC(=O)C1CN(CC)CCO1. The number of hydrogen-bond acceptors (Lipinski definition) is 3. The van der Waals surface area contributed by atoms with Crippen molar-refractivity contribution in [3.05, 3.63) is 12.2 Å². The predicted molar refractivity (Wildman–Crippen MR) is 60.9 cm³/mol. The van der Waals surface area contributed by atoms with Crippen LogP contribution in [0.4, 0.5) is 0 Å². The molecule has 0 saturated carbocycles. The van der Waals surface area contributed by atoms with Crippen LogP contribution < -0.4 is 0 Å². The second-order valence-electron chi connectivity index (χ2n) is 4.18. The zero-order valence-corrected chi connectivity index (χ0v) is 9.79. The van der Waals surface area contributed by atoms with Gasteiger partial charge in [-0.25, -0.2) is 0 Å². The molecule has 1 atom stereocenters. The lowest BCUT2D eigenvalue weighted by molar-refractivity contribution is -0.136. The summed E-state index contributed by atoms with van der Waals surface area (Å²) in [5.41, 5.74) is 1.06. The first-order valence-electron chi connectivity index (χ1n) is 5.64. The highest BCUT2D eigenvalue weighted by Gasteiger charge is 2.24. The normalized spacial score (nSPS) is 22.7. The molecule has 1 unspecified atom stereocenters. The van der Waals surface area contributed by atoms with Crippen molar-refractivity contribution < 1.29 is 9.53 Å². The third-order valence-corrected chi connectivity index (χ3v) is 2.76. The van der Waals surface area contributed by atoms with Crippen molar-refractivity contribution in [2.75, 3.05) is 26.2 Å². The number of likely N-dealkylation sites (N-methyl/N-ethyl adjacent to an activating group) is 1. The summed E-state index contributed by atoms with van der Waals surface area (Å²) in [5.74, 6) is 0.219. The van der Waals surface area contributed by atoms with E-state index in [-0.39, 0.29) is 11.9 Å². The van der Waals surface area contributed by atoms with Crippen molar-refractivity contribution in [3.63, 3.8) is 0 Å². The quantitative estimate of drug-likeness (QED) is 0.647. The van der Waals surface area contributed by atoms with Crippen LogP contribution in [0.1, 0.15) is 26.7 Å². The average Bonchev–Trinajstić information content (AvgIpc) is 2.26. The number of hydrogen-bond donors (Lipinski definition) is 0. The maximum atomic E-state index is 11.8.